The number of hydrogen-bond acceptors (Lipinski definition) is 4. The van der Waals surface area contributed by atoms with Crippen LogP contribution in [0.3, 0.4) is 0 Å². The summed E-state index contributed by atoms with van der Waals surface area (Å²) >= 11 is 0. The normalized spacial score (nSPS) is 12.1. The van der Waals surface area contributed by atoms with E-state index < -0.39 is 11.9 Å². The van der Waals surface area contributed by atoms with Crippen LogP contribution < -0.4 is 5.32 Å². The van der Waals surface area contributed by atoms with E-state index in [1.165, 1.54) is 17.9 Å². The van der Waals surface area contributed by atoms with Crippen LogP contribution in [0.1, 0.15) is 40.0 Å². The SMILES string of the molecule is CC(CCc1ccco1)NC(=O)c1cnn(C)c1C(=O)O. The van der Waals surface area contributed by atoms with Crippen molar-refractivity contribution in [1.82, 2.24) is 15.1 Å². The van der Waals surface area contributed by atoms with Gasteiger partial charge in [-0.15, -0.1) is 0 Å². The summed E-state index contributed by atoms with van der Waals surface area (Å²) in [5, 5.41) is 15.7. The molecule has 1 amide bonds. The highest BCUT2D eigenvalue weighted by atomic mass is 16.4. The minimum absolute atomic E-state index is 0.0647. The van der Waals surface area contributed by atoms with Crippen molar-refractivity contribution in [1.29, 1.82) is 0 Å². The van der Waals surface area contributed by atoms with Crippen LogP contribution in [0.4, 0.5) is 0 Å². The highest BCUT2D eigenvalue weighted by Gasteiger charge is 2.22. The van der Waals surface area contributed by atoms with Gasteiger partial charge in [-0.05, 0) is 25.5 Å². The van der Waals surface area contributed by atoms with E-state index >= 15 is 0 Å². The zero-order chi connectivity index (χ0) is 15.4. The van der Waals surface area contributed by atoms with E-state index in [-0.39, 0.29) is 17.3 Å². The van der Waals surface area contributed by atoms with E-state index in [0.717, 1.165) is 5.76 Å². The van der Waals surface area contributed by atoms with E-state index in [9.17, 15) is 9.59 Å². The molecule has 1 unspecified atom stereocenters. The number of amides is 1. The quantitative estimate of drug-likeness (QED) is 0.839. The van der Waals surface area contributed by atoms with Crippen molar-refractivity contribution in [3.05, 3.63) is 41.6 Å². The lowest BCUT2D eigenvalue weighted by atomic mass is 10.1. The summed E-state index contributed by atoms with van der Waals surface area (Å²) < 4.78 is 6.40. The third-order valence-corrected chi connectivity index (χ3v) is 3.17. The van der Waals surface area contributed by atoms with Gasteiger partial charge in [-0.25, -0.2) is 4.79 Å². The third-order valence-electron chi connectivity index (χ3n) is 3.17. The Bertz CT molecular complexity index is 631. The number of nitrogens with zero attached hydrogens (tertiary/aromatic N) is 2. The maximum Gasteiger partial charge on any atom is 0.354 e. The zero-order valence-corrected chi connectivity index (χ0v) is 11.9. The van der Waals surface area contributed by atoms with Gasteiger partial charge in [0, 0.05) is 19.5 Å². The molecule has 112 valence electrons. The van der Waals surface area contributed by atoms with Crippen LogP contribution in [-0.4, -0.2) is 32.8 Å². The molecular formula is C14H17N3O4. The monoisotopic (exact) mass is 291 g/mol. The molecule has 7 nitrogen and oxygen atoms in total. The van der Waals surface area contributed by atoms with Gasteiger partial charge in [0.05, 0.1) is 18.0 Å². The van der Waals surface area contributed by atoms with Gasteiger partial charge in [-0.1, -0.05) is 0 Å². The number of hydrogen-bond donors (Lipinski definition) is 2. The number of carbonyl (C=O) groups excluding carboxylic acids is 1. The lowest BCUT2D eigenvalue weighted by molar-refractivity contribution is 0.0678. The first-order valence-electron chi connectivity index (χ1n) is 6.57. The minimum Gasteiger partial charge on any atom is -0.477 e. The second-order valence-electron chi connectivity index (χ2n) is 4.83. The standard InChI is InChI=1S/C14H17N3O4/c1-9(5-6-10-4-3-7-21-10)16-13(18)11-8-15-17(2)12(11)14(19)20/h3-4,7-9H,5-6H2,1-2H3,(H,16,18)(H,19,20). The summed E-state index contributed by atoms with van der Waals surface area (Å²) in [5.74, 6) is -0.764. The van der Waals surface area contributed by atoms with Crippen LogP contribution in [0.2, 0.25) is 0 Å². The van der Waals surface area contributed by atoms with E-state index in [0.29, 0.717) is 12.8 Å². The average molecular weight is 291 g/mol. The molecule has 0 aliphatic rings. The molecule has 0 spiro atoms. The predicted molar refractivity (Wildman–Crippen MR) is 74.1 cm³/mol. The van der Waals surface area contributed by atoms with Crippen LogP contribution >= 0.6 is 0 Å². The Morgan fingerprint density at radius 1 is 1.52 bits per heavy atom. The van der Waals surface area contributed by atoms with E-state index in [2.05, 4.69) is 10.4 Å². The zero-order valence-electron chi connectivity index (χ0n) is 11.9. The van der Waals surface area contributed by atoms with Gasteiger partial charge < -0.3 is 14.8 Å². The molecule has 0 saturated heterocycles. The first kappa shape index (κ1) is 14.8. The Labute approximate surface area is 121 Å². The summed E-state index contributed by atoms with van der Waals surface area (Å²) in [7, 11) is 1.49. The van der Waals surface area contributed by atoms with Crippen molar-refractivity contribution in [3.63, 3.8) is 0 Å². The third kappa shape index (κ3) is 3.50. The predicted octanol–water partition coefficient (Wildman–Crippen LogP) is 1.46. The molecule has 21 heavy (non-hydrogen) atoms. The summed E-state index contributed by atoms with van der Waals surface area (Å²) in [6.45, 7) is 1.86. The molecular weight excluding hydrogens is 274 g/mol. The Kier molecular flexibility index (Phi) is 4.42. The van der Waals surface area contributed by atoms with Crippen LogP contribution in [0, 0.1) is 0 Å². The molecule has 0 aromatic carbocycles. The molecule has 0 fully saturated rings. The molecule has 2 aromatic rings. The van der Waals surface area contributed by atoms with Crippen LogP contribution in [-0.2, 0) is 13.5 Å². The molecule has 0 bridgehead atoms. The molecule has 2 rings (SSSR count). The van der Waals surface area contributed by atoms with E-state index in [4.69, 9.17) is 9.52 Å². The Balaban J connectivity index is 1.96. The van der Waals surface area contributed by atoms with Gasteiger partial charge in [-0.3, -0.25) is 9.48 Å². The van der Waals surface area contributed by atoms with Gasteiger partial charge in [-0.2, -0.15) is 5.10 Å². The smallest absolute Gasteiger partial charge is 0.354 e. The lowest BCUT2D eigenvalue weighted by Crippen LogP contribution is -2.33. The Hall–Kier alpha value is -2.57. The van der Waals surface area contributed by atoms with Gasteiger partial charge >= 0.3 is 5.97 Å². The number of carboxylic acids is 1. The highest BCUT2D eigenvalue weighted by molar-refractivity contribution is 6.03. The summed E-state index contributed by atoms with van der Waals surface area (Å²) in [5.41, 5.74) is -0.0550. The van der Waals surface area contributed by atoms with Crippen LogP contribution in [0.15, 0.2) is 29.0 Å². The largest absolute Gasteiger partial charge is 0.477 e. The first-order chi connectivity index (χ1) is 9.99. The second-order valence-corrected chi connectivity index (χ2v) is 4.83. The van der Waals surface area contributed by atoms with Crippen molar-refractivity contribution in [2.45, 2.75) is 25.8 Å². The number of rotatable bonds is 6. The van der Waals surface area contributed by atoms with Gasteiger partial charge in [0.2, 0.25) is 0 Å². The molecule has 2 heterocycles. The topological polar surface area (TPSA) is 97.4 Å². The number of furan rings is 1. The average Bonchev–Trinajstić information content (AvgIpc) is 3.05. The van der Waals surface area contributed by atoms with Gasteiger partial charge in [0.25, 0.3) is 5.91 Å². The number of aromatic carboxylic acids is 1. The molecule has 0 aliphatic heterocycles. The molecule has 0 saturated carbocycles. The highest BCUT2D eigenvalue weighted by Crippen LogP contribution is 2.10. The molecule has 7 heteroatoms. The van der Waals surface area contributed by atoms with E-state index in [1.807, 2.05) is 19.1 Å². The number of nitrogens with one attached hydrogen (secondary N) is 1. The van der Waals surface area contributed by atoms with Crippen LogP contribution in [0.5, 0.6) is 0 Å². The fourth-order valence-electron chi connectivity index (χ4n) is 2.04. The van der Waals surface area contributed by atoms with Crippen molar-refractivity contribution in [2.75, 3.05) is 0 Å². The number of carboxylic acid groups (broad SMARTS) is 1. The van der Waals surface area contributed by atoms with E-state index in [1.54, 1.807) is 6.26 Å². The maximum absolute atomic E-state index is 12.1. The fraction of sp³-hybridized carbons (Fsp3) is 0.357. The fourth-order valence-corrected chi connectivity index (χ4v) is 2.04. The van der Waals surface area contributed by atoms with Crippen molar-refractivity contribution in [3.8, 4) is 0 Å². The first-order valence-corrected chi connectivity index (χ1v) is 6.57. The Morgan fingerprint density at radius 3 is 2.90 bits per heavy atom. The second kappa shape index (κ2) is 6.25. The van der Waals surface area contributed by atoms with Crippen molar-refractivity contribution >= 4 is 11.9 Å². The number of carbonyl (C=O) groups is 2. The maximum atomic E-state index is 12.1. The molecule has 1 atom stereocenters. The number of aryl methyl sites for hydroxylation is 2. The van der Waals surface area contributed by atoms with Gasteiger partial charge in [0.1, 0.15) is 5.76 Å². The lowest BCUT2D eigenvalue weighted by Gasteiger charge is -2.12. The summed E-state index contributed by atoms with van der Waals surface area (Å²) in [6, 6.07) is 3.58. The molecule has 2 N–H and O–H groups in total. The number of aromatic nitrogens is 2. The van der Waals surface area contributed by atoms with Crippen molar-refractivity contribution < 1.29 is 19.1 Å². The molecule has 0 radical (unpaired) electrons. The Morgan fingerprint density at radius 2 is 2.29 bits per heavy atom. The summed E-state index contributed by atoms with van der Waals surface area (Å²) in [6.07, 6.45) is 4.26. The van der Waals surface area contributed by atoms with Crippen LogP contribution in [0.25, 0.3) is 0 Å². The summed E-state index contributed by atoms with van der Waals surface area (Å²) in [4.78, 5) is 23.2. The molecule has 0 aliphatic carbocycles. The molecule has 2 aromatic heterocycles. The minimum atomic E-state index is -1.18. The van der Waals surface area contributed by atoms with Crippen molar-refractivity contribution in [2.24, 2.45) is 7.05 Å². The van der Waals surface area contributed by atoms with Gasteiger partial charge in [0.15, 0.2) is 5.69 Å².